The van der Waals surface area contributed by atoms with Gasteiger partial charge in [-0.15, -0.1) is 0 Å². The number of carbonyl (C=O) groups excluding carboxylic acids is 2. The SMILES string of the molecule is Cc1ccc(S(=O)(=O)N2CCCCC2)cc1NC(=O)COC(=O)c1cccc(F)c1. The second kappa shape index (κ2) is 9.36. The van der Waals surface area contributed by atoms with Crippen LogP contribution < -0.4 is 5.32 Å². The van der Waals surface area contributed by atoms with Crippen LogP contribution in [-0.4, -0.2) is 44.3 Å². The summed E-state index contributed by atoms with van der Waals surface area (Å²) in [7, 11) is -3.64. The van der Waals surface area contributed by atoms with Gasteiger partial charge in [0.15, 0.2) is 6.61 Å². The third-order valence-corrected chi connectivity index (χ3v) is 6.73. The molecule has 1 saturated heterocycles. The molecule has 1 heterocycles. The van der Waals surface area contributed by atoms with Gasteiger partial charge in [0.25, 0.3) is 5.91 Å². The molecular formula is C21H23FN2O5S. The van der Waals surface area contributed by atoms with Crippen molar-refractivity contribution >= 4 is 27.6 Å². The number of hydrogen-bond donors (Lipinski definition) is 1. The second-order valence-corrected chi connectivity index (χ2v) is 9.01. The molecule has 30 heavy (non-hydrogen) atoms. The Balaban J connectivity index is 1.66. The van der Waals surface area contributed by atoms with E-state index in [-0.39, 0.29) is 10.5 Å². The number of halogens is 1. The summed E-state index contributed by atoms with van der Waals surface area (Å²) in [5, 5.41) is 2.57. The summed E-state index contributed by atoms with van der Waals surface area (Å²) >= 11 is 0. The van der Waals surface area contributed by atoms with Crippen LogP contribution in [0.2, 0.25) is 0 Å². The standard InChI is InChI=1S/C21H23FN2O5S/c1-15-8-9-18(30(27,28)24-10-3-2-4-11-24)13-19(15)23-20(25)14-29-21(26)16-6-5-7-17(22)12-16/h5-9,12-13H,2-4,10-11,14H2,1H3,(H,23,25). The van der Waals surface area contributed by atoms with E-state index in [0.29, 0.717) is 24.3 Å². The molecule has 0 saturated carbocycles. The highest BCUT2D eigenvalue weighted by molar-refractivity contribution is 7.89. The number of nitrogens with zero attached hydrogens (tertiary/aromatic N) is 1. The number of rotatable bonds is 6. The smallest absolute Gasteiger partial charge is 0.338 e. The molecule has 3 rings (SSSR count). The van der Waals surface area contributed by atoms with E-state index in [9.17, 15) is 22.4 Å². The summed E-state index contributed by atoms with van der Waals surface area (Å²) in [4.78, 5) is 24.2. The minimum atomic E-state index is -3.64. The van der Waals surface area contributed by atoms with Gasteiger partial charge in [-0.3, -0.25) is 4.79 Å². The minimum absolute atomic E-state index is 0.00592. The van der Waals surface area contributed by atoms with Crippen LogP contribution in [0.5, 0.6) is 0 Å². The monoisotopic (exact) mass is 434 g/mol. The Hall–Kier alpha value is -2.78. The predicted molar refractivity (Wildman–Crippen MR) is 109 cm³/mol. The van der Waals surface area contributed by atoms with Gasteiger partial charge in [0, 0.05) is 18.8 Å². The van der Waals surface area contributed by atoms with Crippen LogP contribution in [0.1, 0.15) is 35.2 Å². The highest BCUT2D eigenvalue weighted by Crippen LogP contribution is 2.25. The Morgan fingerprint density at radius 2 is 1.83 bits per heavy atom. The van der Waals surface area contributed by atoms with Gasteiger partial charge >= 0.3 is 5.97 Å². The number of ether oxygens (including phenoxy) is 1. The molecule has 0 atom stereocenters. The van der Waals surface area contributed by atoms with E-state index in [1.54, 1.807) is 13.0 Å². The van der Waals surface area contributed by atoms with Crippen molar-refractivity contribution in [2.75, 3.05) is 25.0 Å². The molecule has 1 amide bonds. The molecule has 1 aliphatic heterocycles. The van der Waals surface area contributed by atoms with Crippen LogP contribution in [-0.2, 0) is 19.6 Å². The highest BCUT2D eigenvalue weighted by atomic mass is 32.2. The molecule has 2 aromatic rings. The Bertz CT molecular complexity index is 1050. The summed E-state index contributed by atoms with van der Waals surface area (Å²) < 4.78 is 45.2. The molecule has 0 aromatic heterocycles. The van der Waals surface area contributed by atoms with Crippen molar-refractivity contribution in [3.05, 3.63) is 59.4 Å². The zero-order chi connectivity index (χ0) is 21.7. The fourth-order valence-corrected chi connectivity index (χ4v) is 4.71. The van der Waals surface area contributed by atoms with E-state index in [1.165, 1.54) is 34.6 Å². The summed E-state index contributed by atoms with van der Waals surface area (Å²) in [6.07, 6.45) is 2.66. The van der Waals surface area contributed by atoms with Crippen LogP contribution in [0.4, 0.5) is 10.1 Å². The molecule has 9 heteroatoms. The quantitative estimate of drug-likeness (QED) is 0.706. The molecule has 0 unspecified atom stereocenters. The molecule has 0 spiro atoms. The highest BCUT2D eigenvalue weighted by Gasteiger charge is 2.26. The number of sulfonamides is 1. The Kier molecular flexibility index (Phi) is 6.84. The van der Waals surface area contributed by atoms with Crippen LogP contribution in [0.25, 0.3) is 0 Å². The lowest BCUT2D eigenvalue weighted by Crippen LogP contribution is -2.35. The van der Waals surface area contributed by atoms with Crippen molar-refractivity contribution in [1.82, 2.24) is 4.31 Å². The van der Waals surface area contributed by atoms with Gasteiger partial charge in [-0.25, -0.2) is 17.6 Å². The predicted octanol–water partition coefficient (Wildman–Crippen LogP) is 3.10. The van der Waals surface area contributed by atoms with Crippen molar-refractivity contribution < 1.29 is 27.1 Å². The van der Waals surface area contributed by atoms with Crippen molar-refractivity contribution in [2.45, 2.75) is 31.1 Å². The summed E-state index contributed by atoms with van der Waals surface area (Å²) in [5.41, 5.74) is 0.978. The normalized spacial score (nSPS) is 14.9. The number of amides is 1. The first-order valence-corrected chi connectivity index (χ1v) is 11.0. The third kappa shape index (κ3) is 5.22. The molecular weight excluding hydrogens is 411 g/mol. The lowest BCUT2D eigenvalue weighted by Gasteiger charge is -2.26. The number of benzene rings is 2. The maximum atomic E-state index is 13.2. The number of anilines is 1. The molecule has 7 nitrogen and oxygen atoms in total. The maximum absolute atomic E-state index is 13.2. The van der Waals surface area contributed by atoms with Gasteiger partial charge < -0.3 is 10.1 Å². The molecule has 0 radical (unpaired) electrons. The first-order chi connectivity index (χ1) is 14.3. The number of nitrogens with one attached hydrogen (secondary N) is 1. The topological polar surface area (TPSA) is 92.8 Å². The zero-order valence-corrected chi connectivity index (χ0v) is 17.4. The van der Waals surface area contributed by atoms with Gasteiger partial charge in [0.05, 0.1) is 10.5 Å². The van der Waals surface area contributed by atoms with E-state index in [4.69, 9.17) is 4.74 Å². The maximum Gasteiger partial charge on any atom is 0.338 e. The first-order valence-electron chi connectivity index (χ1n) is 9.61. The lowest BCUT2D eigenvalue weighted by molar-refractivity contribution is -0.119. The summed E-state index contributed by atoms with van der Waals surface area (Å²) in [6, 6.07) is 9.48. The average Bonchev–Trinajstić information content (AvgIpc) is 2.74. The molecule has 0 aliphatic carbocycles. The molecule has 1 aliphatic rings. The molecule has 1 N–H and O–H groups in total. The molecule has 160 valence electrons. The molecule has 1 fully saturated rings. The summed E-state index contributed by atoms with van der Waals surface area (Å²) in [5.74, 6) is -2.05. The van der Waals surface area contributed by atoms with Crippen LogP contribution in [0, 0.1) is 12.7 Å². The fraction of sp³-hybridized carbons (Fsp3) is 0.333. The number of aryl methyl sites for hydroxylation is 1. The van der Waals surface area contributed by atoms with E-state index in [2.05, 4.69) is 5.32 Å². The Morgan fingerprint density at radius 1 is 1.10 bits per heavy atom. The number of piperidine rings is 1. The molecule has 2 aromatic carbocycles. The van der Waals surface area contributed by atoms with E-state index in [1.807, 2.05) is 0 Å². The fourth-order valence-electron chi connectivity index (χ4n) is 3.17. The van der Waals surface area contributed by atoms with Gasteiger partial charge in [-0.2, -0.15) is 4.31 Å². The van der Waals surface area contributed by atoms with E-state index >= 15 is 0 Å². The molecule has 0 bridgehead atoms. The van der Waals surface area contributed by atoms with Crippen molar-refractivity contribution in [3.8, 4) is 0 Å². The summed E-state index contributed by atoms with van der Waals surface area (Å²) in [6.45, 7) is 2.10. The van der Waals surface area contributed by atoms with Gasteiger partial charge in [-0.05, 0) is 55.7 Å². The Labute approximate surface area is 174 Å². The van der Waals surface area contributed by atoms with Gasteiger partial charge in [0.2, 0.25) is 10.0 Å². The van der Waals surface area contributed by atoms with Crippen LogP contribution in [0.3, 0.4) is 0 Å². The largest absolute Gasteiger partial charge is 0.452 e. The zero-order valence-electron chi connectivity index (χ0n) is 16.6. The van der Waals surface area contributed by atoms with Gasteiger partial charge in [0.1, 0.15) is 5.82 Å². The van der Waals surface area contributed by atoms with Crippen LogP contribution in [0.15, 0.2) is 47.4 Å². The van der Waals surface area contributed by atoms with Crippen molar-refractivity contribution in [2.24, 2.45) is 0 Å². The minimum Gasteiger partial charge on any atom is -0.452 e. The van der Waals surface area contributed by atoms with E-state index < -0.39 is 34.3 Å². The lowest BCUT2D eigenvalue weighted by atomic mass is 10.2. The number of esters is 1. The van der Waals surface area contributed by atoms with Crippen LogP contribution >= 0.6 is 0 Å². The number of hydrogen-bond acceptors (Lipinski definition) is 5. The first kappa shape index (κ1) is 21.9. The Morgan fingerprint density at radius 3 is 2.53 bits per heavy atom. The van der Waals surface area contributed by atoms with Crippen molar-refractivity contribution in [3.63, 3.8) is 0 Å². The van der Waals surface area contributed by atoms with E-state index in [0.717, 1.165) is 25.3 Å². The average molecular weight is 434 g/mol. The third-order valence-electron chi connectivity index (χ3n) is 4.83. The second-order valence-electron chi connectivity index (χ2n) is 7.08. The van der Waals surface area contributed by atoms with Gasteiger partial charge in [-0.1, -0.05) is 18.6 Å². The number of carbonyl (C=O) groups is 2. The van der Waals surface area contributed by atoms with Crippen molar-refractivity contribution in [1.29, 1.82) is 0 Å².